The Morgan fingerprint density at radius 2 is 2.15 bits per heavy atom. The highest BCUT2D eigenvalue weighted by atomic mass is 16.5. The molecule has 2 aliphatic heterocycles. The van der Waals surface area contributed by atoms with E-state index in [0.717, 1.165) is 42.9 Å². The molecule has 0 bridgehead atoms. The van der Waals surface area contributed by atoms with Crippen molar-refractivity contribution in [3.63, 3.8) is 0 Å². The fourth-order valence-electron chi connectivity index (χ4n) is 2.89. The Labute approximate surface area is 118 Å². The molecule has 2 heterocycles. The molecule has 1 aromatic rings. The van der Waals surface area contributed by atoms with E-state index in [0.29, 0.717) is 6.54 Å². The lowest BCUT2D eigenvalue weighted by Gasteiger charge is -2.29. The molecule has 0 radical (unpaired) electrons. The summed E-state index contributed by atoms with van der Waals surface area (Å²) in [4.78, 5) is 13.2. The van der Waals surface area contributed by atoms with Crippen LogP contribution in [0, 0.1) is 5.92 Å². The predicted molar refractivity (Wildman–Crippen MR) is 75.4 cm³/mol. The van der Waals surface area contributed by atoms with Crippen LogP contribution in [-0.2, 0) is 11.3 Å². The monoisotopic (exact) mass is 276 g/mol. The minimum absolute atomic E-state index is 0.0878. The first-order valence-electron chi connectivity index (χ1n) is 7.06. The zero-order chi connectivity index (χ0) is 14.1. The molecular weight excluding hydrogens is 256 g/mol. The van der Waals surface area contributed by atoms with Crippen molar-refractivity contribution in [3.8, 4) is 0 Å². The van der Waals surface area contributed by atoms with Crippen LogP contribution < -0.4 is 5.32 Å². The number of urea groups is 1. The van der Waals surface area contributed by atoms with Gasteiger partial charge in [0.15, 0.2) is 0 Å². The van der Waals surface area contributed by atoms with E-state index in [4.69, 9.17) is 4.74 Å². The number of carbonyl (C=O) groups is 1. The number of nitrogens with zero attached hydrogens (tertiary/aromatic N) is 1. The summed E-state index contributed by atoms with van der Waals surface area (Å²) in [7, 11) is 1.76. The van der Waals surface area contributed by atoms with Gasteiger partial charge >= 0.3 is 6.03 Å². The zero-order valence-electron chi connectivity index (χ0n) is 11.6. The molecule has 3 rings (SSSR count). The highest BCUT2D eigenvalue weighted by molar-refractivity contribution is 5.92. The van der Waals surface area contributed by atoms with Gasteiger partial charge in [-0.05, 0) is 42.0 Å². The predicted octanol–water partition coefficient (Wildman–Crippen LogP) is 2.12. The van der Waals surface area contributed by atoms with Crippen LogP contribution in [0.15, 0.2) is 18.2 Å². The van der Waals surface area contributed by atoms with Crippen LogP contribution in [-0.4, -0.2) is 36.3 Å². The Morgan fingerprint density at radius 3 is 2.90 bits per heavy atom. The Morgan fingerprint density at radius 1 is 1.40 bits per heavy atom. The molecule has 2 aliphatic rings. The van der Waals surface area contributed by atoms with Crippen LogP contribution >= 0.6 is 0 Å². The molecule has 0 saturated carbocycles. The van der Waals surface area contributed by atoms with Gasteiger partial charge in [-0.2, -0.15) is 0 Å². The molecule has 2 N–H and O–H groups in total. The van der Waals surface area contributed by atoms with E-state index in [2.05, 4.69) is 5.32 Å². The zero-order valence-corrected chi connectivity index (χ0v) is 11.6. The summed E-state index contributed by atoms with van der Waals surface area (Å²) in [6.45, 7) is 2.03. The topological polar surface area (TPSA) is 61.8 Å². The number of amides is 2. The molecule has 0 spiro atoms. The van der Waals surface area contributed by atoms with Gasteiger partial charge in [0.05, 0.1) is 6.10 Å². The molecule has 20 heavy (non-hydrogen) atoms. The summed E-state index contributed by atoms with van der Waals surface area (Å²) in [5.41, 5.74) is 2.83. The molecule has 5 heteroatoms. The third-order valence-corrected chi connectivity index (χ3v) is 4.18. The summed E-state index contributed by atoms with van der Waals surface area (Å²) in [5, 5.41) is 13.3. The Balaban J connectivity index is 1.81. The lowest BCUT2D eigenvalue weighted by Crippen LogP contribution is -2.35. The maximum Gasteiger partial charge on any atom is 0.321 e. The first-order valence-corrected chi connectivity index (χ1v) is 7.06. The molecule has 0 aliphatic carbocycles. The van der Waals surface area contributed by atoms with E-state index in [1.165, 1.54) is 0 Å². The second kappa shape index (κ2) is 5.42. The summed E-state index contributed by atoms with van der Waals surface area (Å²) in [5.74, 6) is 0.262. The number of hydrogen-bond acceptors (Lipinski definition) is 3. The van der Waals surface area contributed by atoms with Crippen LogP contribution in [0.1, 0.15) is 30.1 Å². The molecular formula is C15H20N2O3. The van der Waals surface area contributed by atoms with Gasteiger partial charge in [0, 0.05) is 32.5 Å². The molecule has 108 valence electrons. The van der Waals surface area contributed by atoms with E-state index in [9.17, 15) is 9.90 Å². The smallest absolute Gasteiger partial charge is 0.321 e. The van der Waals surface area contributed by atoms with Gasteiger partial charge in [0.25, 0.3) is 0 Å². The van der Waals surface area contributed by atoms with Crippen LogP contribution in [0.3, 0.4) is 0 Å². The minimum Gasteiger partial charge on any atom is -0.388 e. The number of benzene rings is 1. The van der Waals surface area contributed by atoms with Gasteiger partial charge in [-0.1, -0.05) is 6.07 Å². The lowest BCUT2D eigenvalue weighted by atomic mass is 9.88. The van der Waals surface area contributed by atoms with Crippen molar-refractivity contribution in [1.82, 2.24) is 4.90 Å². The van der Waals surface area contributed by atoms with Crippen molar-refractivity contribution in [2.24, 2.45) is 5.92 Å². The summed E-state index contributed by atoms with van der Waals surface area (Å²) in [6.07, 6.45) is 1.34. The number of carbonyl (C=O) groups excluding carboxylic acids is 1. The van der Waals surface area contributed by atoms with Crippen LogP contribution in [0.4, 0.5) is 10.5 Å². The van der Waals surface area contributed by atoms with E-state index in [1.54, 1.807) is 11.9 Å². The number of hydrogen-bond donors (Lipinski definition) is 2. The van der Waals surface area contributed by atoms with Gasteiger partial charge in [0.2, 0.25) is 0 Å². The van der Waals surface area contributed by atoms with Crippen molar-refractivity contribution in [2.75, 3.05) is 25.6 Å². The van der Waals surface area contributed by atoms with Crippen LogP contribution in [0.5, 0.6) is 0 Å². The van der Waals surface area contributed by atoms with Crippen LogP contribution in [0.2, 0.25) is 0 Å². The molecule has 0 aromatic heterocycles. The highest BCUT2D eigenvalue weighted by Crippen LogP contribution is 2.33. The molecule has 2 amide bonds. The largest absolute Gasteiger partial charge is 0.388 e. The second-order valence-electron chi connectivity index (χ2n) is 5.60. The van der Waals surface area contributed by atoms with Crippen molar-refractivity contribution < 1.29 is 14.6 Å². The van der Waals surface area contributed by atoms with Gasteiger partial charge in [-0.15, -0.1) is 0 Å². The number of ether oxygens (including phenoxy) is 1. The molecule has 5 nitrogen and oxygen atoms in total. The van der Waals surface area contributed by atoms with Crippen molar-refractivity contribution in [3.05, 3.63) is 29.3 Å². The number of fused-ring (bicyclic) bond motifs is 1. The van der Waals surface area contributed by atoms with E-state index < -0.39 is 6.10 Å². The number of aliphatic hydroxyl groups is 1. The standard InChI is InChI=1S/C15H20N2O3/c1-17-9-12-8-11(2-3-13(12)16-15(17)19)14(18)10-4-6-20-7-5-10/h2-3,8,10,14,18H,4-7,9H2,1H3,(H,16,19). The van der Waals surface area contributed by atoms with Crippen LogP contribution in [0.25, 0.3) is 0 Å². The Kier molecular flexibility index (Phi) is 3.63. The van der Waals surface area contributed by atoms with Gasteiger partial charge < -0.3 is 20.1 Å². The average molecular weight is 276 g/mol. The van der Waals surface area contributed by atoms with Crippen molar-refractivity contribution in [1.29, 1.82) is 0 Å². The van der Waals surface area contributed by atoms with Crippen molar-refractivity contribution in [2.45, 2.75) is 25.5 Å². The van der Waals surface area contributed by atoms with Gasteiger partial charge in [-0.3, -0.25) is 0 Å². The summed E-state index contributed by atoms with van der Waals surface area (Å²) >= 11 is 0. The maximum atomic E-state index is 11.6. The third-order valence-electron chi connectivity index (χ3n) is 4.18. The third kappa shape index (κ3) is 2.51. The number of anilines is 1. The summed E-state index contributed by atoms with van der Waals surface area (Å²) < 4.78 is 5.34. The van der Waals surface area contributed by atoms with Gasteiger partial charge in [0.1, 0.15) is 0 Å². The quantitative estimate of drug-likeness (QED) is 0.869. The molecule has 1 saturated heterocycles. The minimum atomic E-state index is -0.452. The summed E-state index contributed by atoms with van der Waals surface area (Å²) in [6, 6.07) is 5.71. The number of nitrogens with one attached hydrogen (secondary N) is 1. The molecule has 1 atom stereocenters. The van der Waals surface area contributed by atoms with E-state index >= 15 is 0 Å². The fraction of sp³-hybridized carbons (Fsp3) is 0.533. The first-order chi connectivity index (χ1) is 9.65. The van der Waals surface area contributed by atoms with Gasteiger partial charge in [-0.25, -0.2) is 4.79 Å². The molecule has 1 fully saturated rings. The van der Waals surface area contributed by atoms with E-state index in [1.807, 2.05) is 18.2 Å². The SMILES string of the molecule is CN1Cc2cc(C(O)C3CCOCC3)ccc2NC1=O. The van der Waals surface area contributed by atoms with Crippen molar-refractivity contribution >= 4 is 11.7 Å². The lowest BCUT2D eigenvalue weighted by molar-refractivity contribution is 0.00715. The van der Waals surface area contributed by atoms with E-state index in [-0.39, 0.29) is 11.9 Å². The second-order valence-corrected chi connectivity index (χ2v) is 5.60. The average Bonchev–Trinajstić information content (AvgIpc) is 2.48. The Hall–Kier alpha value is -1.59. The normalized spacial score (nSPS) is 21.3. The molecule has 1 aromatic carbocycles. The fourth-order valence-corrected chi connectivity index (χ4v) is 2.89. The number of rotatable bonds is 2. The Bertz CT molecular complexity index is 512. The molecule has 1 unspecified atom stereocenters. The first kappa shape index (κ1) is 13.4. The highest BCUT2D eigenvalue weighted by Gasteiger charge is 2.25. The number of aliphatic hydroxyl groups excluding tert-OH is 1. The maximum absolute atomic E-state index is 11.6.